The second kappa shape index (κ2) is 5.10. The predicted molar refractivity (Wildman–Crippen MR) is 69.9 cm³/mol. The van der Waals surface area contributed by atoms with Crippen molar-refractivity contribution in [2.45, 2.75) is 32.7 Å². The third-order valence-corrected chi connectivity index (χ3v) is 4.09. The van der Waals surface area contributed by atoms with Gasteiger partial charge in [-0.15, -0.1) is 0 Å². The summed E-state index contributed by atoms with van der Waals surface area (Å²) < 4.78 is 0. The monoisotopic (exact) mass is 267 g/mol. The molecule has 0 bridgehead atoms. The minimum absolute atomic E-state index is 0.0237. The van der Waals surface area contributed by atoms with Crippen LogP contribution in [0, 0.1) is 12.8 Å². The molecule has 4 nitrogen and oxygen atoms in total. The average molecular weight is 267 g/mol. The van der Waals surface area contributed by atoms with E-state index in [0.717, 1.165) is 18.4 Å². The summed E-state index contributed by atoms with van der Waals surface area (Å²) in [5.74, 6) is -1.40. The quantitative estimate of drug-likeness (QED) is 0.891. The van der Waals surface area contributed by atoms with E-state index in [1.165, 1.54) is 11.3 Å². The molecule has 0 aromatic carbocycles. The van der Waals surface area contributed by atoms with Crippen LogP contribution in [-0.2, 0) is 4.79 Å². The van der Waals surface area contributed by atoms with Crippen molar-refractivity contribution in [3.8, 4) is 0 Å². The maximum absolute atomic E-state index is 12.4. The molecule has 1 amide bonds. The topological polar surface area (TPSA) is 57.6 Å². The number of amides is 1. The van der Waals surface area contributed by atoms with E-state index >= 15 is 0 Å². The van der Waals surface area contributed by atoms with Gasteiger partial charge >= 0.3 is 5.97 Å². The molecule has 1 heterocycles. The molecule has 0 radical (unpaired) electrons. The first-order chi connectivity index (χ1) is 8.50. The van der Waals surface area contributed by atoms with Crippen molar-refractivity contribution in [3.05, 3.63) is 21.9 Å². The molecule has 1 aliphatic rings. The van der Waals surface area contributed by atoms with Crippen LogP contribution < -0.4 is 0 Å². The van der Waals surface area contributed by atoms with Gasteiger partial charge in [-0.2, -0.15) is 11.3 Å². The van der Waals surface area contributed by atoms with Gasteiger partial charge in [-0.25, -0.2) is 0 Å². The molecule has 0 unspecified atom stereocenters. The lowest BCUT2D eigenvalue weighted by Gasteiger charge is -2.24. The molecular formula is C13H17NO3S. The largest absolute Gasteiger partial charge is 0.481 e. The summed E-state index contributed by atoms with van der Waals surface area (Å²) >= 11 is 1.51. The number of rotatable bonds is 5. The highest BCUT2D eigenvalue weighted by Crippen LogP contribution is 2.30. The molecule has 0 saturated heterocycles. The van der Waals surface area contributed by atoms with Crippen molar-refractivity contribution in [1.82, 2.24) is 4.90 Å². The molecule has 1 N–H and O–H groups in total. The molecule has 1 aliphatic carbocycles. The first kappa shape index (κ1) is 13.1. The van der Waals surface area contributed by atoms with Crippen molar-refractivity contribution >= 4 is 23.2 Å². The number of nitrogens with zero attached hydrogens (tertiary/aromatic N) is 1. The molecule has 1 aromatic heterocycles. The standard InChI is InChI=1S/C13H17NO3S/c1-8(13(16)17)5-14(10-3-4-10)12(15)11-7-18-6-9(11)2/h6-8,10H,3-5H2,1-2H3,(H,16,17)/t8-/m1/s1. The van der Waals surface area contributed by atoms with Crippen molar-refractivity contribution < 1.29 is 14.7 Å². The van der Waals surface area contributed by atoms with E-state index in [1.54, 1.807) is 11.8 Å². The second-order valence-corrected chi connectivity index (χ2v) is 5.64. The summed E-state index contributed by atoms with van der Waals surface area (Å²) in [6.07, 6.45) is 1.97. The Morgan fingerprint density at radius 2 is 2.17 bits per heavy atom. The van der Waals surface area contributed by atoms with Crippen LogP contribution in [0.1, 0.15) is 35.7 Å². The van der Waals surface area contributed by atoms with Gasteiger partial charge in [0.25, 0.3) is 5.91 Å². The lowest BCUT2D eigenvalue weighted by molar-refractivity contribution is -0.141. The van der Waals surface area contributed by atoms with Gasteiger partial charge in [-0.1, -0.05) is 6.92 Å². The van der Waals surface area contributed by atoms with Crippen LogP contribution in [0.5, 0.6) is 0 Å². The van der Waals surface area contributed by atoms with Gasteiger partial charge < -0.3 is 10.0 Å². The summed E-state index contributed by atoms with van der Waals surface area (Å²) in [6.45, 7) is 3.86. The van der Waals surface area contributed by atoms with E-state index < -0.39 is 11.9 Å². The fraction of sp³-hybridized carbons (Fsp3) is 0.538. The average Bonchev–Trinajstić information content (AvgIpc) is 3.07. The van der Waals surface area contributed by atoms with E-state index in [1.807, 2.05) is 17.7 Å². The Morgan fingerprint density at radius 3 is 2.61 bits per heavy atom. The van der Waals surface area contributed by atoms with Crippen molar-refractivity contribution in [3.63, 3.8) is 0 Å². The number of carbonyl (C=O) groups excluding carboxylic acids is 1. The maximum atomic E-state index is 12.4. The van der Waals surface area contributed by atoms with Crippen LogP contribution in [0.2, 0.25) is 0 Å². The zero-order valence-electron chi connectivity index (χ0n) is 10.5. The minimum Gasteiger partial charge on any atom is -0.481 e. The number of aryl methyl sites for hydroxylation is 1. The molecule has 0 spiro atoms. The summed E-state index contributed by atoms with van der Waals surface area (Å²) in [5.41, 5.74) is 1.68. The first-order valence-corrected chi connectivity index (χ1v) is 7.01. The fourth-order valence-electron chi connectivity index (χ4n) is 1.89. The summed E-state index contributed by atoms with van der Waals surface area (Å²) in [7, 11) is 0. The molecule has 1 saturated carbocycles. The van der Waals surface area contributed by atoms with Gasteiger partial charge in [0.05, 0.1) is 11.5 Å². The number of thiophene rings is 1. The Morgan fingerprint density at radius 1 is 1.50 bits per heavy atom. The lowest BCUT2D eigenvalue weighted by atomic mass is 10.1. The van der Waals surface area contributed by atoms with Crippen LogP contribution in [0.25, 0.3) is 0 Å². The van der Waals surface area contributed by atoms with Crippen LogP contribution >= 0.6 is 11.3 Å². The molecule has 5 heteroatoms. The van der Waals surface area contributed by atoms with E-state index in [2.05, 4.69) is 0 Å². The van der Waals surface area contributed by atoms with E-state index in [-0.39, 0.29) is 11.9 Å². The predicted octanol–water partition coefficient (Wildman–Crippen LogP) is 2.38. The maximum Gasteiger partial charge on any atom is 0.308 e. The minimum atomic E-state index is -0.851. The molecule has 1 fully saturated rings. The Kier molecular flexibility index (Phi) is 3.71. The van der Waals surface area contributed by atoms with Crippen LogP contribution in [0.3, 0.4) is 0 Å². The van der Waals surface area contributed by atoms with Crippen molar-refractivity contribution in [2.24, 2.45) is 5.92 Å². The normalized spacial score (nSPS) is 16.3. The number of carbonyl (C=O) groups is 2. The SMILES string of the molecule is Cc1cscc1C(=O)N(C[C@@H](C)C(=O)O)C1CC1. The number of aliphatic carboxylic acids is 1. The second-order valence-electron chi connectivity index (χ2n) is 4.90. The summed E-state index contributed by atoms with van der Waals surface area (Å²) in [5, 5.41) is 12.8. The third kappa shape index (κ3) is 2.72. The fourth-order valence-corrected chi connectivity index (χ4v) is 2.71. The van der Waals surface area contributed by atoms with Gasteiger partial charge in [0.1, 0.15) is 0 Å². The van der Waals surface area contributed by atoms with Gasteiger partial charge in [0.15, 0.2) is 0 Å². The zero-order valence-corrected chi connectivity index (χ0v) is 11.4. The Bertz CT molecular complexity index is 465. The van der Waals surface area contributed by atoms with E-state index in [9.17, 15) is 9.59 Å². The van der Waals surface area contributed by atoms with Crippen LogP contribution in [0.4, 0.5) is 0 Å². The van der Waals surface area contributed by atoms with E-state index in [4.69, 9.17) is 5.11 Å². The highest BCUT2D eigenvalue weighted by molar-refractivity contribution is 7.08. The van der Waals surface area contributed by atoms with Crippen molar-refractivity contribution in [2.75, 3.05) is 6.54 Å². The van der Waals surface area contributed by atoms with Crippen LogP contribution in [-0.4, -0.2) is 34.5 Å². The number of hydrogen-bond donors (Lipinski definition) is 1. The van der Waals surface area contributed by atoms with E-state index in [0.29, 0.717) is 12.1 Å². The summed E-state index contributed by atoms with van der Waals surface area (Å²) in [4.78, 5) is 25.1. The molecule has 1 aromatic rings. The molecule has 18 heavy (non-hydrogen) atoms. The molecule has 98 valence electrons. The molecule has 0 aliphatic heterocycles. The van der Waals surface area contributed by atoms with Gasteiger partial charge in [0, 0.05) is 18.0 Å². The van der Waals surface area contributed by atoms with Gasteiger partial charge in [0.2, 0.25) is 0 Å². The Hall–Kier alpha value is -1.36. The number of hydrogen-bond acceptors (Lipinski definition) is 3. The Balaban J connectivity index is 2.13. The lowest BCUT2D eigenvalue weighted by Crippen LogP contribution is -2.38. The zero-order chi connectivity index (χ0) is 13.3. The molecular weight excluding hydrogens is 250 g/mol. The third-order valence-electron chi connectivity index (χ3n) is 3.23. The Labute approximate surface area is 110 Å². The van der Waals surface area contributed by atoms with Crippen molar-refractivity contribution in [1.29, 1.82) is 0 Å². The molecule has 2 rings (SSSR count). The number of carboxylic acid groups (broad SMARTS) is 1. The summed E-state index contributed by atoms with van der Waals surface area (Å²) in [6, 6.07) is 0.235. The number of carboxylic acids is 1. The highest BCUT2D eigenvalue weighted by atomic mass is 32.1. The first-order valence-electron chi connectivity index (χ1n) is 6.07. The highest BCUT2D eigenvalue weighted by Gasteiger charge is 2.35. The smallest absolute Gasteiger partial charge is 0.308 e. The van der Waals surface area contributed by atoms with Gasteiger partial charge in [-0.05, 0) is 30.7 Å². The van der Waals surface area contributed by atoms with Gasteiger partial charge in [-0.3, -0.25) is 9.59 Å². The van der Waals surface area contributed by atoms with Crippen LogP contribution in [0.15, 0.2) is 10.8 Å². The molecule has 1 atom stereocenters.